The maximum Gasteiger partial charge on any atom is 0.250 e. The van der Waals surface area contributed by atoms with Crippen LogP contribution in [0.2, 0.25) is 0 Å². The fraction of sp³-hybridized carbons (Fsp3) is 0.222. The molecular formula is C9H11N3O2S3. The first-order valence-electron chi connectivity index (χ1n) is 4.77. The Balaban J connectivity index is 2.08. The van der Waals surface area contributed by atoms with Gasteiger partial charge in [0.2, 0.25) is 10.0 Å². The molecule has 0 spiro atoms. The lowest BCUT2D eigenvalue weighted by Crippen LogP contribution is -2.22. The number of nitrogens with one attached hydrogen (secondary N) is 1. The Bertz CT molecular complexity index is 574. The van der Waals surface area contributed by atoms with Crippen LogP contribution in [-0.2, 0) is 23.1 Å². The average molecular weight is 289 g/mol. The summed E-state index contributed by atoms with van der Waals surface area (Å²) >= 11 is 2.58. The molecular weight excluding hydrogens is 278 g/mol. The van der Waals surface area contributed by atoms with Crippen LogP contribution < -0.4 is 10.5 Å². The van der Waals surface area contributed by atoms with Crippen LogP contribution in [0.15, 0.2) is 27.2 Å². The van der Waals surface area contributed by atoms with Gasteiger partial charge in [-0.05, 0) is 17.0 Å². The van der Waals surface area contributed by atoms with Crippen LogP contribution in [0.3, 0.4) is 0 Å². The Morgan fingerprint density at radius 2 is 2.24 bits per heavy atom. The normalized spacial score (nSPS) is 11.8. The number of nitrogens with zero attached hydrogens (tertiary/aromatic N) is 1. The number of aromatic nitrogens is 1. The number of nitrogens with two attached hydrogens (primary N) is 1. The van der Waals surface area contributed by atoms with Gasteiger partial charge >= 0.3 is 0 Å². The summed E-state index contributed by atoms with van der Waals surface area (Å²) in [4.78, 5) is 4.01. The molecule has 0 amide bonds. The van der Waals surface area contributed by atoms with E-state index in [2.05, 4.69) is 9.71 Å². The molecule has 0 saturated heterocycles. The summed E-state index contributed by atoms with van der Waals surface area (Å²) in [6.07, 6.45) is 1.64. The van der Waals surface area contributed by atoms with E-state index in [1.807, 2.05) is 0 Å². The molecule has 0 fully saturated rings. The molecule has 92 valence electrons. The third-order valence-corrected chi connectivity index (χ3v) is 5.70. The molecule has 2 aromatic rings. The lowest BCUT2D eigenvalue weighted by Gasteiger charge is -2.01. The minimum Gasteiger partial charge on any atom is -0.326 e. The van der Waals surface area contributed by atoms with E-state index in [9.17, 15) is 8.42 Å². The fourth-order valence-corrected chi connectivity index (χ4v) is 4.07. The smallest absolute Gasteiger partial charge is 0.250 e. The van der Waals surface area contributed by atoms with Crippen LogP contribution in [0.5, 0.6) is 0 Å². The molecule has 0 aromatic carbocycles. The number of rotatable bonds is 5. The van der Waals surface area contributed by atoms with Crippen molar-refractivity contribution in [3.63, 3.8) is 0 Å². The first kappa shape index (κ1) is 12.7. The van der Waals surface area contributed by atoms with Gasteiger partial charge in [-0.3, -0.25) is 0 Å². The summed E-state index contributed by atoms with van der Waals surface area (Å²) < 4.78 is 26.6. The Morgan fingerprint density at radius 1 is 1.41 bits per heavy atom. The standard InChI is InChI=1S/C9H11N3O2S3/c10-4-7-3-9(16-6-7)17(13,14)12-5-8-11-1-2-15-8/h1-3,6,12H,4-5,10H2. The van der Waals surface area contributed by atoms with E-state index < -0.39 is 10.0 Å². The van der Waals surface area contributed by atoms with Gasteiger partial charge in [-0.15, -0.1) is 22.7 Å². The zero-order chi connectivity index (χ0) is 12.3. The van der Waals surface area contributed by atoms with E-state index in [-0.39, 0.29) is 10.8 Å². The van der Waals surface area contributed by atoms with Crippen LogP contribution in [0, 0.1) is 0 Å². The minimum atomic E-state index is -3.45. The van der Waals surface area contributed by atoms with E-state index in [4.69, 9.17) is 5.73 Å². The van der Waals surface area contributed by atoms with Crippen molar-refractivity contribution in [3.05, 3.63) is 33.6 Å². The Morgan fingerprint density at radius 3 is 2.82 bits per heavy atom. The van der Waals surface area contributed by atoms with Gasteiger partial charge in [-0.1, -0.05) is 0 Å². The highest BCUT2D eigenvalue weighted by Gasteiger charge is 2.16. The number of sulfonamides is 1. The summed E-state index contributed by atoms with van der Waals surface area (Å²) in [5.41, 5.74) is 6.26. The van der Waals surface area contributed by atoms with Crippen molar-refractivity contribution >= 4 is 32.7 Å². The van der Waals surface area contributed by atoms with Crippen LogP contribution in [0.1, 0.15) is 10.6 Å². The van der Waals surface area contributed by atoms with Crippen LogP contribution in [0.4, 0.5) is 0 Å². The van der Waals surface area contributed by atoms with Gasteiger partial charge in [0.05, 0.1) is 6.54 Å². The highest BCUT2D eigenvalue weighted by molar-refractivity contribution is 7.91. The molecule has 5 nitrogen and oxygen atoms in total. The van der Waals surface area contributed by atoms with Crippen molar-refractivity contribution in [2.24, 2.45) is 5.73 Å². The summed E-state index contributed by atoms with van der Waals surface area (Å²) in [5, 5.41) is 4.29. The van der Waals surface area contributed by atoms with Crippen molar-refractivity contribution in [1.82, 2.24) is 9.71 Å². The van der Waals surface area contributed by atoms with Gasteiger partial charge in [0.1, 0.15) is 9.22 Å². The predicted molar refractivity (Wildman–Crippen MR) is 68.3 cm³/mol. The molecule has 2 heterocycles. The van der Waals surface area contributed by atoms with Gasteiger partial charge in [-0.2, -0.15) is 0 Å². The van der Waals surface area contributed by atoms with Crippen molar-refractivity contribution < 1.29 is 8.42 Å². The maximum absolute atomic E-state index is 11.9. The fourth-order valence-electron chi connectivity index (χ4n) is 1.17. The zero-order valence-corrected chi connectivity index (χ0v) is 11.2. The van der Waals surface area contributed by atoms with Crippen molar-refractivity contribution in [2.75, 3.05) is 0 Å². The van der Waals surface area contributed by atoms with E-state index in [1.165, 1.54) is 22.7 Å². The number of thiazole rings is 1. The highest BCUT2D eigenvalue weighted by atomic mass is 32.2. The van der Waals surface area contributed by atoms with Crippen LogP contribution >= 0.6 is 22.7 Å². The molecule has 0 radical (unpaired) electrons. The molecule has 2 aromatic heterocycles. The zero-order valence-electron chi connectivity index (χ0n) is 8.79. The third-order valence-electron chi connectivity index (χ3n) is 2.03. The molecule has 0 atom stereocenters. The van der Waals surface area contributed by atoms with E-state index >= 15 is 0 Å². The summed E-state index contributed by atoms with van der Waals surface area (Å²) in [7, 11) is -3.45. The molecule has 0 aliphatic carbocycles. The van der Waals surface area contributed by atoms with Crippen molar-refractivity contribution in [1.29, 1.82) is 0 Å². The molecule has 0 bridgehead atoms. The first-order chi connectivity index (χ1) is 8.12. The molecule has 17 heavy (non-hydrogen) atoms. The van der Waals surface area contributed by atoms with Gasteiger partial charge in [0, 0.05) is 18.1 Å². The number of hydrogen-bond donors (Lipinski definition) is 2. The minimum absolute atomic E-state index is 0.218. The second kappa shape index (κ2) is 5.23. The summed E-state index contributed by atoms with van der Waals surface area (Å²) in [6, 6.07) is 1.59. The van der Waals surface area contributed by atoms with Gasteiger partial charge in [0.15, 0.2) is 0 Å². The van der Waals surface area contributed by atoms with E-state index in [0.717, 1.165) is 10.6 Å². The predicted octanol–water partition coefficient (Wildman–Crippen LogP) is 1.14. The Kier molecular flexibility index (Phi) is 3.89. The molecule has 0 aliphatic rings. The monoisotopic (exact) mass is 289 g/mol. The number of thiophene rings is 1. The largest absolute Gasteiger partial charge is 0.326 e. The van der Waals surface area contributed by atoms with Crippen LogP contribution in [0.25, 0.3) is 0 Å². The van der Waals surface area contributed by atoms with Gasteiger partial charge in [0.25, 0.3) is 0 Å². The molecule has 2 rings (SSSR count). The number of hydrogen-bond acceptors (Lipinski definition) is 6. The molecule has 8 heteroatoms. The quantitative estimate of drug-likeness (QED) is 0.864. The average Bonchev–Trinajstić information content (AvgIpc) is 2.98. The Labute approximate surface area is 107 Å². The molecule has 0 unspecified atom stereocenters. The first-order valence-corrected chi connectivity index (χ1v) is 8.01. The third kappa shape index (κ3) is 3.11. The molecule has 0 saturated carbocycles. The van der Waals surface area contributed by atoms with E-state index in [1.54, 1.807) is 23.0 Å². The highest BCUT2D eigenvalue weighted by Crippen LogP contribution is 2.20. The lowest BCUT2D eigenvalue weighted by molar-refractivity contribution is 0.583. The summed E-state index contributed by atoms with van der Waals surface area (Å²) in [5.74, 6) is 0. The topological polar surface area (TPSA) is 85.1 Å². The van der Waals surface area contributed by atoms with Crippen LogP contribution in [-0.4, -0.2) is 13.4 Å². The lowest BCUT2D eigenvalue weighted by atomic mass is 10.4. The van der Waals surface area contributed by atoms with Gasteiger partial charge in [-0.25, -0.2) is 18.1 Å². The second-order valence-electron chi connectivity index (χ2n) is 3.23. The second-order valence-corrected chi connectivity index (χ2v) is 7.11. The molecule has 0 aliphatic heterocycles. The van der Waals surface area contributed by atoms with Crippen molar-refractivity contribution in [2.45, 2.75) is 17.3 Å². The van der Waals surface area contributed by atoms with E-state index in [0.29, 0.717) is 6.54 Å². The van der Waals surface area contributed by atoms with Gasteiger partial charge < -0.3 is 5.73 Å². The Hall–Kier alpha value is -0.800. The molecule has 3 N–H and O–H groups in total. The maximum atomic E-state index is 11.9. The van der Waals surface area contributed by atoms with Crippen molar-refractivity contribution in [3.8, 4) is 0 Å². The summed E-state index contributed by atoms with van der Waals surface area (Å²) in [6.45, 7) is 0.564. The SMILES string of the molecule is NCc1csc(S(=O)(=O)NCc2nccs2)c1.